The Morgan fingerprint density at radius 3 is 2.80 bits per heavy atom. The van der Waals surface area contributed by atoms with E-state index in [1.807, 2.05) is 0 Å². The van der Waals surface area contributed by atoms with Gasteiger partial charge >= 0.3 is 0 Å². The number of rotatable bonds is 6. The third-order valence-corrected chi connectivity index (χ3v) is 2.29. The number of ether oxygens (including phenoxy) is 1. The Bertz CT molecular complexity index is 284. The topological polar surface area (TPSA) is 21.3 Å². The molecule has 0 atom stereocenters. The van der Waals surface area contributed by atoms with E-state index in [0.29, 0.717) is 6.61 Å². The average Bonchev–Trinajstić information content (AvgIpc) is 2.18. The SMILES string of the molecule is COCc1cccc(NCCC(C)C)c1. The Kier molecular flexibility index (Phi) is 5.19. The third-order valence-electron chi connectivity index (χ3n) is 2.29. The molecule has 0 heterocycles. The molecule has 2 heteroatoms. The van der Waals surface area contributed by atoms with Gasteiger partial charge < -0.3 is 10.1 Å². The fourth-order valence-electron chi connectivity index (χ4n) is 1.44. The van der Waals surface area contributed by atoms with Crippen molar-refractivity contribution < 1.29 is 4.74 Å². The molecule has 2 nitrogen and oxygen atoms in total. The van der Waals surface area contributed by atoms with E-state index >= 15 is 0 Å². The lowest BCUT2D eigenvalue weighted by Crippen LogP contribution is -2.04. The minimum Gasteiger partial charge on any atom is -0.385 e. The summed E-state index contributed by atoms with van der Waals surface area (Å²) in [6.07, 6.45) is 1.20. The lowest BCUT2D eigenvalue weighted by molar-refractivity contribution is 0.185. The van der Waals surface area contributed by atoms with E-state index in [9.17, 15) is 0 Å². The maximum atomic E-state index is 5.10. The van der Waals surface area contributed by atoms with Gasteiger partial charge in [-0.05, 0) is 30.0 Å². The first-order chi connectivity index (χ1) is 7.22. The van der Waals surface area contributed by atoms with Crippen molar-refractivity contribution in [1.29, 1.82) is 0 Å². The van der Waals surface area contributed by atoms with Gasteiger partial charge in [-0.25, -0.2) is 0 Å². The Morgan fingerprint density at radius 1 is 1.33 bits per heavy atom. The van der Waals surface area contributed by atoms with E-state index in [0.717, 1.165) is 12.5 Å². The van der Waals surface area contributed by atoms with Crippen molar-refractivity contribution in [3.63, 3.8) is 0 Å². The van der Waals surface area contributed by atoms with Gasteiger partial charge in [0.15, 0.2) is 0 Å². The molecule has 0 spiro atoms. The van der Waals surface area contributed by atoms with Gasteiger partial charge in [0, 0.05) is 19.3 Å². The smallest absolute Gasteiger partial charge is 0.0713 e. The largest absolute Gasteiger partial charge is 0.385 e. The van der Waals surface area contributed by atoms with Crippen molar-refractivity contribution in [3.05, 3.63) is 29.8 Å². The van der Waals surface area contributed by atoms with Crippen molar-refractivity contribution in [3.8, 4) is 0 Å². The first kappa shape index (κ1) is 12.1. The van der Waals surface area contributed by atoms with E-state index in [-0.39, 0.29) is 0 Å². The molecule has 0 aliphatic heterocycles. The highest BCUT2D eigenvalue weighted by Crippen LogP contribution is 2.12. The van der Waals surface area contributed by atoms with E-state index in [4.69, 9.17) is 4.74 Å². The molecule has 15 heavy (non-hydrogen) atoms. The van der Waals surface area contributed by atoms with Crippen molar-refractivity contribution in [2.45, 2.75) is 26.9 Å². The highest BCUT2D eigenvalue weighted by molar-refractivity contribution is 5.45. The van der Waals surface area contributed by atoms with Crippen molar-refractivity contribution in [2.75, 3.05) is 19.0 Å². The zero-order chi connectivity index (χ0) is 11.1. The van der Waals surface area contributed by atoms with Crippen LogP contribution < -0.4 is 5.32 Å². The summed E-state index contributed by atoms with van der Waals surface area (Å²) in [5.41, 5.74) is 2.40. The quantitative estimate of drug-likeness (QED) is 0.773. The van der Waals surface area contributed by atoms with E-state index in [1.165, 1.54) is 17.7 Å². The van der Waals surface area contributed by atoms with Gasteiger partial charge in [-0.15, -0.1) is 0 Å². The van der Waals surface area contributed by atoms with Crippen LogP contribution in [0.2, 0.25) is 0 Å². The second kappa shape index (κ2) is 6.46. The van der Waals surface area contributed by atoms with Crippen LogP contribution in [0.1, 0.15) is 25.8 Å². The second-order valence-electron chi connectivity index (χ2n) is 4.24. The van der Waals surface area contributed by atoms with Gasteiger partial charge in [-0.3, -0.25) is 0 Å². The molecule has 0 unspecified atom stereocenters. The summed E-state index contributed by atoms with van der Waals surface area (Å²) >= 11 is 0. The van der Waals surface area contributed by atoms with Crippen LogP contribution in [0.5, 0.6) is 0 Å². The van der Waals surface area contributed by atoms with Crippen molar-refractivity contribution >= 4 is 5.69 Å². The monoisotopic (exact) mass is 207 g/mol. The first-order valence-electron chi connectivity index (χ1n) is 5.54. The number of nitrogens with one attached hydrogen (secondary N) is 1. The molecule has 0 bridgehead atoms. The summed E-state index contributed by atoms with van der Waals surface area (Å²) in [7, 11) is 1.72. The number of benzene rings is 1. The van der Waals surface area contributed by atoms with Crippen LogP contribution in [-0.2, 0) is 11.3 Å². The van der Waals surface area contributed by atoms with Gasteiger partial charge in [-0.1, -0.05) is 26.0 Å². The highest BCUT2D eigenvalue weighted by Gasteiger charge is 1.96. The van der Waals surface area contributed by atoms with Crippen LogP contribution >= 0.6 is 0 Å². The zero-order valence-electron chi connectivity index (χ0n) is 9.92. The summed E-state index contributed by atoms with van der Waals surface area (Å²) in [6, 6.07) is 8.38. The number of hydrogen-bond donors (Lipinski definition) is 1. The van der Waals surface area contributed by atoms with Crippen LogP contribution in [-0.4, -0.2) is 13.7 Å². The Balaban J connectivity index is 2.43. The third kappa shape index (κ3) is 4.84. The Labute approximate surface area is 92.6 Å². The van der Waals surface area contributed by atoms with Crippen LogP contribution in [0, 0.1) is 5.92 Å². The predicted octanol–water partition coefficient (Wildman–Crippen LogP) is 3.29. The Hall–Kier alpha value is -1.02. The number of hydrogen-bond acceptors (Lipinski definition) is 2. The fourth-order valence-corrected chi connectivity index (χ4v) is 1.44. The number of methoxy groups -OCH3 is 1. The molecule has 0 amide bonds. The van der Waals surface area contributed by atoms with Crippen LogP contribution in [0.4, 0.5) is 5.69 Å². The maximum Gasteiger partial charge on any atom is 0.0713 e. The minimum atomic E-state index is 0.680. The van der Waals surface area contributed by atoms with Gasteiger partial charge in [-0.2, -0.15) is 0 Å². The molecule has 0 fully saturated rings. The molecule has 0 aliphatic carbocycles. The fraction of sp³-hybridized carbons (Fsp3) is 0.538. The molecule has 1 N–H and O–H groups in total. The molecule has 1 rings (SSSR count). The van der Waals surface area contributed by atoms with Gasteiger partial charge in [0.05, 0.1) is 6.61 Å². The van der Waals surface area contributed by atoms with Gasteiger partial charge in [0.25, 0.3) is 0 Å². The molecule has 1 aromatic carbocycles. The molecule has 84 valence electrons. The van der Waals surface area contributed by atoms with Gasteiger partial charge in [0.1, 0.15) is 0 Å². The molecule has 0 radical (unpaired) electrons. The summed E-state index contributed by atoms with van der Waals surface area (Å²) in [6.45, 7) is 6.19. The maximum absolute atomic E-state index is 5.10. The van der Waals surface area contributed by atoms with Gasteiger partial charge in [0.2, 0.25) is 0 Å². The lowest BCUT2D eigenvalue weighted by Gasteiger charge is -2.09. The molecular formula is C13H21NO. The summed E-state index contributed by atoms with van der Waals surface area (Å²) in [4.78, 5) is 0. The normalized spacial score (nSPS) is 10.7. The molecule has 1 aromatic rings. The molecular weight excluding hydrogens is 186 g/mol. The highest BCUT2D eigenvalue weighted by atomic mass is 16.5. The molecule has 0 saturated heterocycles. The number of anilines is 1. The predicted molar refractivity (Wildman–Crippen MR) is 65.1 cm³/mol. The van der Waals surface area contributed by atoms with Crippen molar-refractivity contribution in [1.82, 2.24) is 0 Å². The summed E-state index contributed by atoms with van der Waals surface area (Å²) in [5.74, 6) is 0.750. The molecule has 0 aromatic heterocycles. The lowest BCUT2D eigenvalue weighted by atomic mass is 10.1. The van der Waals surface area contributed by atoms with E-state index < -0.39 is 0 Å². The second-order valence-corrected chi connectivity index (χ2v) is 4.24. The summed E-state index contributed by atoms with van der Waals surface area (Å²) in [5, 5.41) is 3.42. The average molecular weight is 207 g/mol. The summed E-state index contributed by atoms with van der Waals surface area (Å²) < 4.78 is 5.10. The zero-order valence-corrected chi connectivity index (χ0v) is 9.92. The van der Waals surface area contributed by atoms with E-state index in [2.05, 4.69) is 43.4 Å². The molecule has 0 saturated carbocycles. The van der Waals surface area contributed by atoms with Crippen molar-refractivity contribution in [2.24, 2.45) is 5.92 Å². The van der Waals surface area contributed by atoms with Crippen LogP contribution in [0.25, 0.3) is 0 Å². The van der Waals surface area contributed by atoms with Crippen LogP contribution in [0.3, 0.4) is 0 Å². The molecule has 0 aliphatic rings. The van der Waals surface area contributed by atoms with Crippen LogP contribution in [0.15, 0.2) is 24.3 Å². The van der Waals surface area contributed by atoms with E-state index in [1.54, 1.807) is 7.11 Å². The standard InChI is InChI=1S/C13H21NO/c1-11(2)7-8-14-13-6-4-5-12(9-13)10-15-3/h4-6,9,11,14H,7-8,10H2,1-3H3. The minimum absolute atomic E-state index is 0.680. The first-order valence-corrected chi connectivity index (χ1v) is 5.54. The Morgan fingerprint density at radius 2 is 2.13 bits per heavy atom.